The summed E-state index contributed by atoms with van der Waals surface area (Å²) >= 11 is 7.52. The number of nitrogens with one attached hydrogen (secondary N) is 2. The van der Waals surface area contributed by atoms with E-state index < -0.39 is 15.3 Å². The van der Waals surface area contributed by atoms with Gasteiger partial charge in [0.25, 0.3) is 0 Å². The van der Waals surface area contributed by atoms with E-state index in [0.717, 1.165) is 17.7 Å². The number of benzene rings is 2. The number of halogens is 1. The van der Waals surface area contributed by atoms with E-state index in [2.05, 4.69) is 10.6 Å². The number of thioether (sulfide) groups is 1. The summed E-state index contributed by atoms with van der Waals surface area (Å²) in [5.41, 5.74) is 1.06. The predicted molar refractivity (Wildman–Crippen MR) is 124 cm³/mol. The zero-order valence-electron chi connectivity index (χ0n) is 17.2. The standard InChI is InChI=1S/C21H24ClN3O4S2/c1-14(30-18-8-5-16(6-9-18)23-15(2)26)21(27)24-17-7-10-19(22)20(13-17)31(28,29)25-11-3-4-12-25/h5-10,13-14H,3-4,11-12H2,1-2H3,(H,23,26)(H,24,27). The van der Waals surface area contributed by atoms with Crippen LogP contribution in [0.4, 0.5) is 11.4 Å². The molecule has 10 heteroatoms. The third kappa shape index (κ3) is 6.00. The number of nitrogens with zero attached hydrogens (tertiary/aromatic N) is 1. The second-order valence-electron chi connectivity index (χ2n) is 7.21. The van der Waals surface area contributed by atoms with E-state index in [-0.39, 0.29) is 21.7 Å². The SMILES string of the molecule is CC(=O)Nc1ccc(SC(C)C(=O)Nc2ccc(Cl)c(S(=O)(=O)N3CCCC3)c2)cc1. The van der Waals surface area contributed by atoms with E-state index in [1.54, 1.807) is 25.1 Å². The first-order chi connectivity index (χ1) is 14.7. The summed E-state index contributed by atoms with van der Waals surface area (Å²) < 4.78 is 27.1. The molecule has 31 heavy (non-hydrogen) atoms. The predicted octanol–water partition coefficient (Wildman–Crippen LogP) is 4.20. The van der Waals surface area contributed by atoms with Gasteiger partial charge in [-0.05, 0) is 62.2 Å². The molecule has 1 aliphatic rings. The Morgan fingerprint density at radius 2 is 1.65 bits per heavy atom. The molecule has 1 saturated heterocycles. The fourth-order valence-electron chi connectivity index (χ4n) is 3.17. The zero-order valence-corrected chi connectivity index (χ0v) is 19.6. The monoisotopic (exact) mass is 481 g/mol. The second kappa shape index (κ2) is 10.0. The van der Waals surface area contributed by atoms with E-state index in [1.807, 2.05) is 12.1 Å². The van der Waals surface area contributed by atoms with Gasteiger partial charge in [0.2, 0.25) is 21.8 Å². The minimum atomic E-state index is -3.69. The summed E-state index contributed by atoms with van der Waals surface area (Å²) in [6.45, 7) is 4.15. The Morgan fingerprint density at radius 1 is 1.03 bits per heavy atom. The van der Waals surface area contributed by atoms with Crippen LogP contribution in [0.25, 0.3) is 0 Å². The van der Waals surface area contributed by atoms with Crippen LogP contribution >= 0.6 is 23.4 Å². The smallest absolute Gasteiger partial charge is 0.244 e. The molecule has 0 aromatic heterocycles. The molecule has 0 bridgehead atoms. The molecular weight excluding hydrogens is 458 g/mol. The molecule has 1 aliphatic heterocycles. The van der Waals surface area contributed by atoms with Crippen molar-refractivity contribution in [3.05, 3.63) is 47.5 Å². The number of hydrogen-bond acceptors (Lipinski definition) is 5. The minimum absolute atomic E-state index is 0.00253. The van der Waals surface area contributed by atoms with Gasteiger partial charge in [-0.3, -0.25) is 9.59 Å². The molecule has 3 rings (SSSR count). The van der Waals surface area contributed by atoms with E-state index in [1.165, 1.54) is 35.1 Å². The van der Waals surface area contributed by atoms with Gasteiger partial charge in [0, 0.05) is 36.3 Å². The lowest BCUT2D eigenvalue weighted by molar-refractivity contribution is -0.115. The lowest BCUT2D eigenvalue weighted by Crippen LogP contribution is -2.28. The van der Waals surface area contributed by atoms with Crippen LogP contribution in [-0.2, 0) is 19.6 Å². The van der Waals surface area contributed by atoms with E-state index >= 15 is 0 Å². The molecule has 7 nitrogen and oxygen atoms in total. The number of sulfonamides is 1. The van der Waals surface area contributed by atoms with Gasteiger partial charge in [-0.15, -0.1) is 11.8 Å². The van der Waals surface area contributed by atoms with E-state index in [9.17, 15) is 18.0 Å². The molecule has 166 valence electrons. The maximum absolute atomic E-state index is 12.9. The van der Waals surface area contributed by atoms with Crippen molar-refractivity contribution in [3.63, 3.8) is 0 Å². The second-order valence-corrected chi connectivity index (χ2v) is 10.9. The third-order valence-corrected chi connectivity index (χ3v) is 8.23. The summed E-state index contributed by atoms with van der Waals surface area (Å²) in [7, 11) is -3.69. The van der Waals surface area contributed by atoms with E-state index in [0.29, 0.717) is 24.5 Å². The average molecular weight is 482 g/mol. The van der Waals surface area contributed by atoms with E-state index in [4.69, 9.17) is 11.6 Å². The number of anilines is 2. The molecule has 0 saturated carbocycles. The summed E-state index contributed by atoms with van der Waals surface area (Å²) in [4.78, 5) is 24.6. The first-order valence-corrected chi connectivity index (χ1v) is 12.5. The lowest BCUT2D eigenvalue weighted by Gasteiger charge is -2.18. The van der Waals surface area contributed by atoms with Crippen molar-refractivity contribution in [2.75, 3.05) is 23.7 Å². The van der Waals surface area contributed by atoms with Crippen molar-refractivity contribution < 1.29 is 18.0 Å². The highest BCUT2D eigenvalue weighted by Crippen LogP contribution is 2.30. The van der Waals surface area contributed by atoms with Crippen LogP contribution in [0.5, 0.6) is 0 Å². The summed E-state index contributed by atoms with van der Waals surface area (Å²) in [6, 6.07) is 11.7. The summed E-state index contributed by atoms with van der Waals surface area (Å²) in [5, 5.41) is 5.16. The van der Waals surface area contributed by atoms with Crippen LogP contribution in [0.1, 0.15) is 26.7 Å². The largest absolute Gasteiger partial charge is 0.326 e. The van der Waals surface area contributed by atoms with Crippen molar-refractivity contribution in [1.82, 2.24) is 4.31 Å². The molecule has 1 atom stereocenters. The zero-order chi connectivity index (χ0) is 22.6. The number of carbonyl (C=O) groups excluding carboxylic acids is 2. The molecule has 2 aromatic carbocycles. The van der Waals surface area contributed by atoms with Crippen LogP contribution in [-0.4, -0.2) is 42.9 Å². The van der Waals surface area contributed by atoms with Crippen molar-refractivity contribution >= 4 is 56.6 Å². The fraction of sp³-hybridized carbons (Fsp3) is 0.333. The highest BCUT2D eigenvalue weighted by atomic mass is 35.5. The Kier molecular flexibility index (Phi) is 7.64. The molecule has 1 heterocycles. The molecular formula is C21H24ClN3O4S2. The Hall–Kier alpha value is -2.07. The average Bonchev–Trinajstić information content (AvgIpc) is 3.26. The van der Waals surface area contributed by atoms with Crippen LogP contribution in [0.3, 0.4) is 0 Å². The molecule has 2 aromatic rings. The van der Waals surface area contributed by atoms with Gasteiger partial charge in [-0.1, -0.05) is 11.6 Å². The number of carbonyl (C=O) groups is 2. The Balaban J connectivity index is 1.67. The molecule has 1 unspecified atom stereocenters. The van der Waals surface area contributed by atoms with Gasteiger partial charge >= 0.3 is 0 Å². The lowest BCUT2D eigenvalue weighted by atomic mass is 10.3. The first kappa shape index (κ1) is 23.6. The number of rotatable bonds is 7. The number of hydrogen-bond donors (Lipinski definition) is 2. The summed E-state index contributed by atoms with van der Waals surface area (Å²) in [6.07, 6.45) is 1.65. The van der Waals surface area contributed by atoms with Crippen molar-refractivity contribution in [2.45, 2.75) is 41.7 Å². The molecule has 0 radical (unpaired) electrons. The van der Waals surface area contributed by atoms with Gasteiger partial charge < -0.3 is 10.6 Å². The van der Waals surface area contributed by atoms with Crippen LogP contribution < -0.4 is 10.6 Å². The van der Waals surface area contributed by atoms with Crippen molar-refractivity contribution in [1.29, 1.82) is 0 Å². The third-order valence-electron chi connectivity index (χ3n) is 4.74. The van der Waals surface area contributed by atoms with Gasteiger partial charge in [0.15, 0.2) is 0 Å². The van der Waals surface area contributed by atoms with Gasteiger partial charge in [0.05, 0.1) is 10.3 Å². The normalized spacial score (nSPS) is 15.5. The Morgan fingerprint density at radius 3 is 2.26 bits per heavy atom. The van der Waals surface area contributed by atoms with Crippen molar-refractivity contribution in [3.8, 4) is 0 Å². The first-order valence-electron chi connectivity index (χ1n) is 9.81. The minimum Gasteiger partial charge on any atom is -0.326 e. The fourth-order valence-corrected chi connectivity index (χ4v) is 6.05. The molecule has 1 fully saturated rings. The topological polar surface area (TPSA) is 95.6 Å². The maximum atomic E-state index is 12.9. The molecule has 0 aliphatic carbocycles. The van der Waals surface area contributed by atoms with Crippen molar-refractivity contribution in [2.24, 2.45) is 0 Å². The number of amides is 2. The van der Waals surface area contributed by atoms with Crippen LogP contribution in [0, 0.1) is 0 Å². The summed E-state index contributed by atoms with van der Waals surface area (Å²) in [5.74, 6) is -0.412. The van der Waals surface area contributed by atoms with Gasteiger partial charge in [-0.2, -0.15) is 4.31 Å². The molecule has 2 amide bonds. The maximum Gasteiger partial charge on any atom is 0.244 e. The van der Waals surface area contributed by atoms with Crippen LogP contribution in [0.15, 0.2) is 52.3 Å². The van der Waals surface area contributed by atoms with Crippen LogP contribution in [0.2, 0.25) is 5.02 Å². The molecule has 2 N–H and O–H groups in total. The molecule has 0 spiro atoms. The quantitative estimate of drug-likeness (QED) is 0.578. The Labute approximate surface area is 191 Å². The Bertz CT molecular complexity index is 1070. The highest BCUT2D eigenvalue weighted by Gasteiger charge is 2.29. The highest BCUT2D eigenvalue weighted by molar-refractivity contribution is 8.00. The van der Waals surface area contributed by atoms with Gasteiger partial charge in [0.1, 0.15) is 4.90 Å². The van der Waals surface area contributed by atoms with Gasteiger partial charge in [-0.25, -0.2) is 8.42 Å².